The molecule has 0 spiro atoms. The molecule has 0 unspecified atom stereocenters. The zero-order valence-electron chi connectivity index (χ0n) is 16.1. The molecule has 0 radical (unpaired) electrons. The van der Waals surface area contributed by atoms with Crippen molar-refractivity contribution in [2.45, 2.75) is 19.5 Å². The largest absolute Gasteiger partial charge is 0.416 e. The monoisotopic (exact) mass is 428 g/mol. The smallest absolute Gasteiger partial charge is 0.293 e. The van der Waals surface area contributed by atoms with Gasteiger partial charge in [0.2, 0.25) is 0 Å². The number of hydrogen-bond donors (Lipinski definition) is 1. The minimum atomic E-state index is -4.48. The molecule has 4 rings (SSSR count). The van der Waals surface area contributed by atoms with Crippen molar-refractivity contribution in [2.24, 2.45) is 0 Å². The first-order valence-corrected chi connectivity index (χ1v) is 9.27. The molecule has 0 aliphatic heterocycles. The van der Waals surface area contributed by atoms with Crippen LogP contribution in [0.15, 0.2) is 59.4 Å². The van der Waals surface area contributed by atoms with Gasteiger partial charge in [-0.25, -0.2) is 4.98 Å². The quantitative estimate of drug-likeness (QED) is 0.372. The highest BCUT2D eigenvalue weighted by molar-refractivity contribution is 5.83. The first-order chi connectivity index (χ1) is 14.7. The third-order valence-electron chi connectivity index (χ3n) is 4.92. The van der Waals surface area contributed by atoms with Crippen LogP contribution in [0.1, 0.15) is 18.2 Å². The summed E-state index contributed by atoms with van der Waals surface area (Å²) in [6, 6.07) is 12.7. The molecule has 0 aliphatic rings. The molecule has 0 saturated heterocycles. The van der Waals surface area contributed by atoms with Crippen LogP contribution >= 0.6 is 0 Å². The van der Waals surface area contributed by atoms with E-state index in [1.165, 1.54) is 12.1 Å². The van der Waals surface area contributed by atoms with E-state index in [9.17, 15) is 28.1 Å². The molecule has 0 aliphatic carbocycles. The van der Waals surface area contributed by atoms with E-state index in [1.54, 1.807) is 37.3 Å². The summed E-state index contributed by atoms with van der Waals surface area (Å²) in [5.41, 5.74) is -0.677. The van der Waals surface area contributed by atoms with Gasteiger partial charge in [-0.2, -0.15) is 17.7 Å². The molecule has 4 aromatic rings. The van der Waals surface area contributed by atoms with Crippen molar-refractivity contribution in [1.29, 1.82) is 0 Å². The lowest BCUT2D eigenvalue weighted by atomic mass is 10.0. The molecule has 0 bridgehead atoms. The van der Waals surface area contributed by atoms with Crippen LogP contribution in [-0.2, 0) is 12.6 Å². The Morgan fingerprint density at radius 2 is 1.71 bits per heavy atom. The van der Waals surface area contributed by atoms with Crippen molar-refractivity contribution in [3.05, 3.63) is 86.3 Å². The van der Waals surface area contributed by atoms with Gasteiger partial charge in [0.25, 0.3) is 0 Å². The van der Waals surface area contributed by atoms with E-state index < -0.39 is 27.9 Å². The third-order valence-corrected chi connectivity index (χ3v) is 4.92. The first-order valence-electron chi connectivity index (χ1n) is 9.27. The molecule has 7 nitrogen and oxygen atoms in total. The Morgan fingerprint density at radius 3 is 2.26 bits per heavy atom. The van der Waals surface area contributed by atoms with Crippen molar-refractivity contribution >= 4 is 11.3 Å². The minimum Gasteiger partial charge on any atom is -0.293 e. The SMILES string of the molecule is CCc1[nH]n2c(=O)c([N+](=O)[O-])c(-c3ccccc3)nc2c1-c1ccc(C(F)(F)F)cc1. The van der Waals surface area contributed by atoms with Crippen molar-refractivity contribution in [1.82, 2.24) is 14.6 Å². The standard InChI is InChI=1S/C21H15F3N4O3/c1-2-15-16(12-8-10-14(11-9-12)21(22,23)24)19-25-17(13-6-4-3-5-7-13)18(28(30)31)20(29)27(19)26-15/h3-11,26H,2H2,1H3. The molecule has 0 atom stereocenters. The second kappa shape index (κ2) is 7.38. The zero-order valence-corrected chi connectivity index (χ0v) is 16.1. The van der Waals surface area contributed by atoms with Crippen LogP contribution in [0.2, 0.25) is 0 Å². The van der Waals surface area contributed by atoms with Gasteiger partial charge < -0.3 is 0 Å². The van der Waals surface area contributed by atoms with E-state index >= 15 is 0 Å². The number of nitrogens with one attached hydrogen (secondary N) is 1. The van der Waals surface area contributed by atoms with Gasteiger partial charge in [-0.3, -0.25) is 20.0 Å². The van der Waals surface area contributed by atoms with Crippen molar-refractivity contribution in [2.75, 3.05) is 0 Å². The van der Waals surface area contributed by atoms with E-state index in [0.29, 0.717) is 28.8 Å². The Hall–Kier alpha value is -3.95. The number of aromatic amines is 1. The van der Waals surface area contributed by atoms with Crippen LogP contribution in [0.5, 0.6) is 0 Å². The van der Waals surface area contributed by atoms with Gasteiger partial charge in [0.05, 0.1) is 10.5 Å². The molecule has 0 amide bonds. The summed E-state index contributed by atoms with van der Waals surface area (Å²) in [5.74, 6) is 0. The molecule has 0 saturated carbocycles. The summed E-state index contributed by atoms with van der Waals surface area (Å²) in [5, 5.41) is 14.5. The van der Waals surface area contributed by atoms with Crippen LogP contribution in [-0.4, -0.2) is 19.5 Å². The number of nitro groups is 1. The number of halogens is 3. The van der Waals surface area contributed by atoms with E-state index in [0.717, 1.165) is 16.6 Å². The number of alkyl halides is 3. The van der Waals surface area contributed by atoms with Crippen molar-refractivity contribution in [3.8, 4) is 22.4 Å². The number of aryl methyl sites for hydroxylation is 1. The molecule has 2 aromatic carbocycles. The predicted molar refractivity (Wildman–Crippen MR) is 108 cm³/mol. The highest BCUT2D eigenvalue weighted by atomic mass is 19.4. The van der Waals surface area contributed by atoms with Gasteiger partial charge in [0.15, 0.2) is 11.3 Å². The Morgan fingerprint density at radius 1 is 1.06 bits per heavy atom. The number of nitrogens with zero attached hydrogens (tertiary/aromatic N) is 3. The molecular weight excluding hydrogens is 413 g/mol. The Labute approximate surface area is 172 Å². The van der Waals surface area contributed by atoms with E-state index in [-0.39, 0.29) is 11.3 Å². The van der Waals surface area contributed by atoms with Gasteiger partial charge in [-0.1, -0.05) is 49.4 Å². The topological polar surface area (TPSA) is 93.3 Å². The highest BCUT2D eigenvalue weighted by Crippen LogP contribution is 2.34. The van der Waals surface area contributed by atoms with Crippen molar-refractivity contribution < 1.29 is 18.1 Å². The number of aromatic nitrogens is 3. The van der Waals surface area contributed by atoms with Crippen LogP contribution in [0, 0.1) is 10.1 Å². The number of fused-ring (bicyclic) bond motifs is 1. The molecule has 158 valence electrons. The Balaban J connectivity index is 2.04. The normalized spacial score (nSPS) is 11.7. The summed E-state index contributed by atoms with van der Waals surface area (Å²) in [4.78, 5) is 28.2. The fraction of sp³-hybridized carbons (Fsp3) is 0.143. The Bertz CT molecular complexity index is 1340. The number of hydrogen-bond acceptors (Lipinski definition) is 4. The highest BCUT2D eigenvalue weighted by Gasteiger charge is 2.31. The van der Waals surface area contributed by atoms with Gasteiger partial charge >= 0.3 is 17.4 Å². The maximum absolute atomic E-state index is 13.0. The zero-order chi connectivity index (χ0) is 22.3. The molecule has 10 heteroatoms. The van der Waals surface area contributed by atoms with Gasteiger partial charge in [0, 0.05) is 16.8 Å². The van der Waals surface area contributed by atoms with E-state index in [4.69, 9.17) is 0 Å². The molecule has 0 fully saturated rings. The maximum atomic E-state index is 13.0. The van der Waals surface area contributed by atoms with Crippen LogP contribution < -0.4 is 5.56 Å². The first kappa shape index (κ1) is 20.3. The second-order valence-corrected chi connectivity index (χ2v) is 6.79. The van der Waals surface area contributed by atoms with Gasteiger partial charge in [0.1, 0.15) is 0 Å². The summed E-state index contributed by atoms with van der Waals surface area (Å²) >= 11 is 0. The third kappa shape index (κ3) is 3.45. The fourth-order valence-corrected chi connectivity index (χ4v) is 3.46. The fourth-order valence-electron chi connectivity index (χ4n) is 3.46. The van der Waals surface area contributed by atoms with E-state index in [1.807, 2.05) is 0 Å². The summed E-state index contributed by atoms with van der Waals surface area (Å²) in [6.07, 6.45) is -4.09. The molecule has 2 heterocycles. The molecule has 31 heavy (non-hydrogen) atoms. The number of H-pyrrole nitrogens is 1. The predicted octanol–water partition coefficient (Wildman–Crippen LogP) is 4.85. The Kier molecular flexibility index (Phi) is 4.84. The maximum Gasteiger partial charge on any atom is 0.416 e. The number of rotatable bonds is 4. The average molecular weight is 428 g/mol. The summed E-state index contributed by atoms with van der Waals surface area (Å²) < 4.78 is 39.8. The summed E-state index contributed by atoms with van der Waals surface area (Å²) in [6.45, 7) is 1.79. The van der Waals surface area contributed by atoms with Crippen molar-refractivity contribution in [3.63, 3.8) is 0 Å². The molecule has 1 N–H and O–H groups in total. The number of benzene rings is 2. The average Bonchev–Trinajstić information content (AvgIpc) is 3.12. The van der Waals surface area contributed by atoms with Crippen LogP contribution in [0.3, 0.4) is 0 Å². The second-order valence-electron chi connectivity index (χ2n) is 6.79. The van der Waals surface area contributed by atoms with Gasteiger partial charge in [-0.15, -0.1) is 0 Å². The van der Waals surface area contributed by atoms with Crippen LogP contribution in [0.25, 0.3) is 28.0 Å². The van der Waals surface area contributed by atoms with E-state index in [2.05, 4.69) is 10.1 Å². The minimum absolute atomic E-state index is 0.103. The summed E-state index contributed by atoms with van der Waals surface area (Å²) in [7, 11) is 0. The molecular formula is C21H15F3N4O3. The van der Waals surface area contributed by atoms with Crippen LogP contribution in [0.4, 0.5) is 18.9 Å². The lowest BCUT2D eigenvalue weighted by Gasteiger charge is -2.08. The van der Waals surface area contributed by atoms with Gasteiger partial charge in [-0.05, 0) is 24.1 Å². The lowest BCUT2D eigenvalue weighted by molar-refractivity contribution is -0.385. The lowest BCUT2D eigenvalue weighted by Crippen LogP contribution is -2.20. The molecule has 2 aromatic heterocycles.